The summed E-state index contributed by atoms with van der Waals surface area (Å²) in [6, 6.07) is 2.52. The van der Waals surface area contributed by atoms with E-state index in [0.717, 1.165) is 37.6 Å². The van der Waals surface area contributed by atoms with Crippen molar-refractivity contribution in [2.24, 2.45) is 5.92 Å². The first-order chi connectivity index (χ1) is 20.1. The van der Waals surface area contributed by atoms with Crippen molar-refractivity contribution in [1.29, 1.82) is 0 Å². The minimum atomic E-state index is -4.84. The van der Waals surface area contributed by atoms with Crippen LogP contribution in [0, 0.1) is 12.8 Å². The molecular weight excluding hydrogens is 604 g/mol. The third-order valence-corrected chi connectivity index (χ3v) is 8.13. The number of carbonyl (C=O) groups excluding carboxylic acids is 2. The molecule has 1 aliphatic rings. The molecule has 1 aromatic carbocycles. The summed E-state index contributed by atoms with van der Waals surface area (Å²) in [5.41, 5.74) is -0.474. The predicted octanol–water partition coefficient (Wildman–Crippen LogP) is 5.29. The summed E-state index contributed by atoms with van der Waals surface area (Å²) in [5, 5.41) is 12.3. The second-order valence-electron chi connectivity index (χ2n) is 10.1. The van der Waals surface area contributed by atoms with Crippen LogP contribution in [0.4, 0.5) is 37.7 Å². The zero-order valence-electron chi connectivity index (χ0n) is 23.3. The number of hydrogen-bond donors (Lipinski definition) is 2. The van der Waals surface area contributed by atoms with Crippen LogP contribution >= 0.6 is 11.3 Å². The molecule has 3 aromatic rings. The quantitative estimate of drug-likeness (QED) is 0.325. The normalized spacial score (nSPS) is 16.3. The Bertz CT molecular complexity index is 1460. The van der Waals surface area contributed by atoms with E-state index >= 15 is 0 Å². The van der Waals surface area contributed by atoms with Crippen LogP contribution < -0.4 is 5.32 Å². The van der Waals surface area contributed by atoms with Crippen molar-refractivity contribution >= 4 is 44.9 Å². The van der Waals surface area contributed by atoms with Gasteiger partial charge in [-0.3, -0.25) is 9.59 Å². The Labute approximate surface area is 246 Å². The number of halogens is 6. The molecule has 0 spiro atoms. The fourth-order valence-electron chi connectivity index (χ4n) is 5.21. The Balaban J connectivity index is 1.59. The van der Waals surface area contributed by atoms with Crippen molar-refractivity contribution in [3.63, 3.8) is 0 Å². The van der Waals surface area contributed by atoms with Crippen LogP contribution in [-0.2, 0) is 14.3 Å². The van der Waals surface area contributed by atoms with Crippen LogP contribution in [-0.4, -0.2) is 82.9 Å². The number of nitrogens with one attached hydrogen (secondary N) is 1. The number of pyridine rings is 1. The molecule has 1 unspecified atom stereocenters. The van der Waals surface area contributed by atoms with E-state index in [2.05, 4.69) is 15.3 Å². The largest absolute Gasteiger partial charge is 0.419 e. The van der Waals surface area contributed by atoms with Crippen LogP contribution in [0.2, 0.25) is 0 Å². The molecule has 2 atom stereocenters. The number of likely N-dealkylation sites (tertiary alicyclic amines) is 1. The second kappa shape index (κ2) is 12.6. The van der Waals surface area contributed by atoms with E-state index in [1.54, 1.807) is 6.92 Å². The van der Waals surface area contributed by atoms with Crippen LogP contribution in [0.25, 0.3) is 10.3 Å². The number of hydrogen-bond acceptors (Lipinski definition) is 8. The van der Waals surface area contributed by atoms with Crippen molar-refractivity contribution in [3.8, 4) is 0 Å². The number of nitrogens with zero attached hydrogens (tertiary/aromatic N) is 4. The number of ether oxygens (including phenoxy) is 1. The Hall–Kier alpha value is -3.50. The first-order valence-corrected chi connectivity index (χ1v) is 13.9. The van der Waals surface area contributed by atoms with Crippen molar-refractivity contribution < 1.29 is 45.8 Å². The number of fused-ring (bicyclic) bond motifs is 1. The van der Waals surface area contributed by atoms with E-state index < -0.39 is 48.8 Å². The van der Waals surface area contributed by atoms with Crippen LogP contribution in [0.5, 0.6) is 0 Å². The van der Waals surface area contributed by atoms with Gasteiger partial charge in [-0.1, -0.05) is 23.5 Å². The van der Waals surface area contributed by atoms with Gasteiger partial charge in [-0.05, 0) is 37.5 Å². The molecule has 2 N–H and O–H groups in total. The number of thiazole rings is 1. The van der Waals surface area contributed by atoms with Gasteiger partial charge in [-0.15, -0.1) is 0 Å². The van der Waals surface area contributed by atoms with Crippen molar-refractivity contribution in [1.82, 2.24) is 19.8 Å². The minimum absolute atomic E-state index is 0.00266. The summed E-state index contributed by atoms with van der Waals surface area (Å²) < 4.78 is 89.3. The van der Waals surface area contributed by atoms with Gasteiger partial charge in [0.15, 0.2) is 12.1 Å². The SMILES string of the molecule is COC(c1c(Nc2ccc([C@H](N(C)C(=O)C3CCN(C(=O)CO)CC3)C(F)(F)F)cc2)cnc2sc(C)nc12)C(F)(F)F. The summed E-state index contributed by atoms with van der Waals surface area (Å²) in [4.78, 5) is 35.4. The molecule has 234 valence electrons. The van der Waals surface area contributed by atoms with Crippen molar-refractivity contribution in [3.05, 3.63) is 46.6 Å². The highest BCUT2D eigenvalue weighted by molar-refractivity contribution is 7.18. The lowest BCUT2D eigenvalue weighted by atomic mass is 9.93. The molecule has 16 heteroatoms. The number of aliphatic hydroxyl groups excluding tert-OH is 1. The Morgan fingerprint density at radius 3 is 2.30 bits per heavy atom. The summed E-state index contributed by atoms with van der Waals surface area (Å²) in [5.74, 6) is -1.99. The van der Waals surface area contributed by atoms with Crippen LogP contribution in [0.3, 0.4) is 0 Å². The fraction of sp³-hybridized carbons (Fsp3) is 0.481. The lowest BCUT2D eigenvalue weighted by Gasteiger charge is -2.36. The molecule has 1 fully saturated rings. The van der Waals surface area contributed by atoms with Gasteiger partial charge in [-0.2, -0.15) is 26.3 Å². The maximum atomic E-state index is 14.3. The molecule has 0 aliphatic carbocycles. The van der Waals surface area contributed by atoms with Crippen LogP contribution in [0.1, 0.15) is 41.1 Å². The highest BCUT2D eigenvalue weighted by Crippen LogP contribution is 2.44. The molecule has 43 heavy (non-hydrogen) atoms. The molecule has 9 nitrogen and oxygen atoms in total. The number of aliphatic hydroxyl groups is 1. The predicted molar refractivity (Wildman–Crippen MR) is 146 cm³/mol. The zero-order chi connectivity index (χ0) is 31.7. The van der Waals surface area contributed by atoms with Gasteiger partial charge >= 0.3 is 12.4 Å². The molecule has 2 aromatic heterocycles. The summed E-state index contributed by atoms with van der Waals surface area (Å²) >= 11 is 1.11. The number of benzene rings is 1. The highest BCUT2D eigenvalue weighted by Gasteiger charge is 2.47. The van der Waals surface area contributed by atoms with E-state index in [9.17, 15) is 35.9 Å². The molecule has 1 saturated heterocycles. The van der Waals surface area contributed by atoms with Crippen molar-refractivity contribution in [2.75, 3.05) is 39.2 Å². The Morgan fingerprint density at radius 1 is 1.14 bits per heavy atom. The summed E-state index contributed by atoms with van der Waals surface area (Å²) in [6.07, 6.45) is -10.5. The lowest BCUT2D eigenvalue weighted by Crippen LogP contribution is -2.47. The molecule has 4 rings (SSSR count). The lowest BCUT2D eigenvalue weighted by molar-refractivity contribution is -0.215. The summed E-state index contributed by atoms with van der Waals surface area (Å²) in [7, 11) is 1.97. The smallest absolute Gasteiger partial charge is 0.387 e. The number of alkyl halides is 6. The minimum Gasteiger partial charge on any atom is -0.387 e. The fourth-order valence-corrected chi connectivity index (χ4v) is 5.98. The zero-order valence-corrected chi connectivity index (χ0v) is 24.1. The van der Waals surface area contributed by atoms with Gasteiger partial charge in [0, 0.05) is 44.4 Å². The third-order valence-electron chi connectivity index (χ3n) is 7.25. The number of carbonyl (C=O) groups is 2. The Kier molecular flexibility index (Phi) is 9.51. The van der Waals surface area contributed by atoms with E-state index in [4.69, 9.17) is 9.84 Å². The van der Waals surface area contributed by atoms with Gasteiger partial charge in [0.05, 0.1) is 16.9 Å². The maximum Gasteiger partial charge on any atom is 0.419 e. The van der Waals surface area contributed by atoms with Gasteiger partial charge in [-0.25, -0.2) is 9.97 Å². The van der Waals surface area contributed by atoms with Gasteiger partial charge < -0.3 is 25.0 Å². The first kappa shape index (κ1) is 32.4. The van der Waals surface area contributed by atoms with E-state index in [0.29, 0.717) is 9.91 Å². The molecule has 3 heterocycles. The molecule has 0 bridgehead atoms. The average molecular weight is 634 g/mol. The number of aryl methyl sites for hydroxylation is 1. The molecular formula is C27H29F6N5O4S. The summed E-state index contributed by atoms with van der Waals surface area (Å²) in [6.45, 7) is 1.22. The molecule has 2 amide bonds. The Morgan fingerprint density at radius 2 is 1.77 bits per heavy atom. The highest BCUT2D eigenvalue weighted by atomic mass is 32.1. The van der Waals surface area contributed by atoms with Crippen LogP contribution in [0.15, 0.2) is 30.5 Å². The topological polar surface area (TPSA) is 108 Å². The number of amides is 2. The molecule has 0 radical (unpaired) electrons. The van der Waals surface area contributed by atoms with Gasteiger partial charge in [0.2, 0.25) is 11.8 Å². The number of piperidine rings is 1. The monoisotopic (exact) mass is 633 g/mol. The number of rotatable bonds is 8. The number of anilines is 2. The standard InChI is InChI=1S/C27H29F6N5O4S/c1-14-35-21-20(23(42-3)27(31,32)33)18(12-34-24(21)43-14)36-17-6-4-15(5-7-17)22(26(28,29)30)37(2)25(41)16-8-10-38(11-9-16)19(40)13-39/h4-7,12,16,22-23,36,39H,8-11,13H2,1-3H3/t22-,23?/m0/s1. The van der Waals surface area contributed by atoms with E-state index in [1.165, 1.54) is 23.2 Å². The number of aromatic nitrogens is 2. The second-order valence-corrected chi connectivity index (χ2v) is 11.3. The van der Waals surface area contributed by atoms with E-state index in [1.807, 2.05) is 0 Å². The van der Waals surface area contributed by atoms with Crippen molar-refractivity contribution in [2.45, 2.75) is 44.3 Å². The molecule has 1 aliphatic heterocycles. The third kappa shape index (κ3) is 7.02. The molecule has 0 saturated carbocycles. The maximum absolute atomic E-state index is 14.3. The first-order valence-electron chi connectivity index (χ1n) is 13.1. The average Bonchev–Trinajstić information content (AvgIpc) is 3.33. The van der Waals surface area contributed by atoms with Gasteiger partial charge in [0.25, 0.3) is 0 Å². The van der Waals surface area contributed by atoms with Gasteiger partial charge in [0.1, 0.15) is 17.0 Å². The van der Waals surface area contributed by atoms with E-state index in [-0.39, 0.29) is 58.8 Å². The number of methoxy groups -OCH3 is 1.